The van der Waals surface area contributed by atoms with E-state index in [0.717, 1.165) is 4.90 Å². The van der Waals surface area contributed by atoms with Crippen LogP contribution in [0.1, 0.15) is 34.1 Å². The second-order valence-corrected chi connectivity index (χ2v) is 5.44. The molecule has 1 heterocycles. The van der Waals surface area contributed by atoms with Crippen LogP contribution in [0.3, 0.4) is 0 Å². The fraction of sp³-hybridized carbons (Fsp3) is 0.250. The first-order valence-corrected chi connectivity index (χ1v) is 6.77. The van der Waals surface area contributed by atoms with Gasteiger partial charge in [-0.25, -0.2) is 0 Å². The van der Waals surface area contributed by atoms with Gasteiger partial charge in [-0.2, -0.15) is 0 Å². The molecule has 1 aliphatic carbocycles. The van der Waals surface area contributed by atoms with Gasteiger partial charge in [0, 0.05) is 30.2 Å². The molecule has 1 aromatic rings. The van der Waals surface area contributed by atoms with Crippen LogP contribution in [-0.2, 0) is 9.59 Å². The Morgan fingerprint density at radius 3 is 2.41 bits per heavy atom. The SMILES string of the molecule is CC1=C(C2CC(=O)N(C)C2=O)C(=O)c2c(O)cccc2C1=O. The van der Waals surface area contributed by atoms with Gasteiger partial charge in [0.1, 0.15) is 5.75 Å². The van der Waals surface area contributed by atoms with E-state index in [4.69, 9.17) is 0 Å². The van der Waals surface area contributed by atoms with Crippen LogP contribution >= 0.6 is 0 Å². The van der Waals surface area contributed by atoms with Crippen LogP contribution in [0.2, 0.25) is 0 Å². The van der Waals surface area contributed by atoms with Crippen molar-refractivity contribution in [2.75, 3.05) is 7.05 Å². The Balaban J connectivity index is 2.18. The number of benzene rings is 1. The lowest BCUT2D eigenvalue weighted by Gasteiger charge is -2.22. The second kappa shape index (κ2) is 4.62. The van der Waals surface area contributed by atoms with Crippen LogP contribution in [-0.4, -0.2) is 40.4 Å². The normalized spacial score (nSPS) is 21.7. The largest absolute Gasteiger partial charge is 0.507 e. The summed E-state index contributed by atoms with van der Waals surface area (Å²) in [6.45, 7) is 1.47. The van der Waals surface area contributed by atoms with Crippen LogP contribution in [0.4, 0.5) is 0 Å². The highest BCUT2D eigenvalue weighted by Crippen LogP contribution is 2.38. The Labute approximate surface area is 126 Å². The molecule has 1 saturated heterocycles. The van der Waals surface area contributed by atoms with E-state index in [9.17, 15) is 24.3 Å². The number of rotatable bonds is 1. The van der Waals surface area contributed by atoms with E-state index >= 15 is 0 Å². The number of nitrogens with zero attached hydrogens (tertiary/aromatic N) is 1. The number of fused-ring (bicyclic) bond motifs is 1. The molecule has 3 rings (SSSR count). The third kappa shape index (κ3) is 1.73. The van der Waals surface area contributed by atoms with Crippen LogP contribution in [0.25, 0.3) is 0 Å². The summed E-state index contributed by atoms with van der Waals surface area (Å²) in [6, 6.07) is 4.26. The van der Waals surface area contributed by atoms with Crippen molar-refractivity contribution in [2.45, 2.75) is 13.3 Å². The third-order valence-corrected chi connectivity index (χ3v) is 4.23. The number of imide groups is 1. The number of ketones is 2. The number of hydrogen-bond acceptors (Lipinski definition) is 5. The summed E-state index contributed by atoms with van der Waals surface area (Å²) in [7, 11) is 1.35. The summed E-state index contributed by atoms with van der Waals surface area (Å²) in [4.78, 5) is 49.9. The third-order valence-electron chi connectivity index (χ3n) is 4.23. The fourth-order valence-electron chi connectivity index (χ4n) is 3.00. The highest BCUT2D eigenvalue weighted by atomic mass is 16.3. The highest BCUT2D eigenvalue weighted by molar-refractivity contribution is 6.29. The minimum absolute atomic E-state index is 0.0155. The summed E-state index contributed by atoms with van der Waals surface area (Å²) in [5, 5.41) is 9.90. The lowest BCUT2D eigenvalue weighted by atomic mass is 9.78. The molecule has 2 aliphatic rings. The molecule has 2 amide bonds. The zero-order valence-corrected chi connectivity index (χ0v) is 12.0. The lowest BCUT2D eigenvalue weighted by molar-refractivity contribution is -0.137. The quantitative estimate of drug-likeness (QED) is 0.784. The first-order valence-electron chi connectivity index (χ1n) is 6.77. The van der Waals surface area contributed by atoms with E-state index in [-0.39, 0.29) is 34.4 Å². The standard InChI is InChI=1S/C16H13NO5/c1-7-12(9-6-11(19)17(2)16(9)22)15(21)13-8(14(7)20)4-3-5-10(13)18/h3-5,9,18H,6H2,1-2H3. The number of allylic oxidation sites excluding steroid dienone is 1. The molecule has 1 N–H and O–H groups in total. The first kappa shape index (κ1) is 14.2. The highest BCUT2D eigenvalue weighted by Gasteiger charge is 2.44. The van der Waals surface area contributed by atoms with Gasteiger partial charge in [0.2, 0.25) is 11.8 Å². The molecular formula is C16H13NO5. The summed E-state index contributed by atoms with van der Waals surface area (Å²) in [6.07, 6.45) is -0.135. The van der Waals surface area contributed by atoms with E-state index in [1.807, 2.05) is 0 Å². The van der Waals surface area contributed by atoms with Crippen molar-refractivity contribution in [3.05, 3.63) is 40.5 Å². The maximum Gasteiger partial charge on any atom is 0.237 e. The van der Waals surface area contributed by atoms with E-state index in [1.165, 1.54) is 32.2 Å². The van der Waals surface area contributed by atoms with Gasteiger partial charge in [-0.15, -0.1) is 0 Å². The summed E-state index contributed by atoms with van der Waals surface area (Å²) >= 11 is 0. The molecule has 0 bridgehead atoms. The van der Waals surface area contributed by atoms with Gasteiger partial charge in [0.15, 0.2) is 11.6 Å². The Morgan fingerprint density at radius 2 is 1.82 bits per heavy atom. The average molecular weight is 299 g/mol. The van der Waals surface area contributed by atoms with Crippen LogP contribution in [0.5, 0.6) is 5.75 Å². The number of amides is 2. The average Bonchev–Trinajstić information content (AvgIpc) is 2.73. The lowest BCUT2D eigenvalue weighted by Crippen LogP contribution is -2.31. The fourth-order valence-corrected chi connectivity index (χ4v) is 3.00. The summed E-state index contributed by atoms with van der Waals surface area (Å²) in [5.41, 5.74) is 0.200. The topological polar surface area (TPSA) is 91.8 Å². The zero-order chi connectivity index (χ0) is 16.2. The van der Waals surface area contributed by atoms with Crippen LogP contribution in [0.15, 0.2) is 29.3 Å². The molecule has 1 aliphatic heterocycles. The van der Waals surface area contributed by atoms with E-state index in [2.05, 4.69) is 0 Å². The van der Waals surface area contributed by atoms with Gasteiger partial charge >= 0.3 is 0 Å². The molecule has 1 fully saturated rings. The van der Waals surface area contributed by atoms with Crippen molar-refractivity contribution < 1.29 is 24.3 Å². The van der Waals surface area contributed by atoms with Gasteiger partial charge < -0.3 is 5.11 Å². The smallest absolute Gasteiger partial charge is 0.237 e. The Bertz CT molecular complexity index is 790. The molecule has 6 nitrogen and oxygen atoms in total. The molecular weight excluding hydrogens is 286 g/mol. The predicted octanol–water partition coefficient (Wildman–Crippen LogP) is 1.09. The van der Waals surface area contributed by atoms with Gasteiger partial charge in [-0.05, 0) is 13.0 Å². The first-order chi connectivity index (χ1) is 10.3. The maximum absolute atomic E-state index is 12.7. The van der Waals surface area contributed by atoms with Gasteiger partial charge in [-0.3, -0.25) is 24.1 Å². The van der Waals surface area contributed by atoms with Crippen molar-refractivity contribution in [3.63, 3.8) is 0 Å². The van der Waals surface area contributed by atoms with Crippen molar-refractivity contribution >= 4 is 23.4 Å². The molecule has 112 valence electrons. The monoisotopic (exact) mass is 299 g/mol. The Morgan fingerprint density at radius 1 is 1.14 bits per heavy atom. The number of phenols is 1. The summed E-state index contributed by atoms with van der Waals surface area (Å²) < 4.78 is 0. The van der Waals surface area contributed by atoms with Gasteiger partial charge in [-0.1, -0.05) is 12.1 Å². The molecule has 22 heavy (non-hydrogen) atoms. The van der Waals surface area contributed by atoms with E-state index in [1.54, 1.807) is 0 Å². The maximum atomic E-state index is 12.7. The Kier molecular flexibility index (Phi) is 2.98. The minimum Gasteiger partial charge on any atom is -0.507 e. The van der Waals surface area contributed by atoms with E-state index in [0.29, 0.717) is 0 Å². The molecule has 0 spiro atoms. The number of carbonyl (C=O) groups excluding carboxylic acids is 4. The van der Waals surface area contributed by atoms with Crippen molar-refractivity contribution in [1.82, 2.24) is 4.90 Å². The number of phenolic OH excluding ortho intramolecular Hbond substituents is 1. The zero-order valence-electron chi connectivity index (χ0n) is 12.0. The molecule has 0 aromatic heterocycles. The molecule has 1 aromatic carbocycles. The second-order valence-electron chi connectivity index (χ2n) is 5.44. The number of likely N-dealkylation sites (tertiary alicyclic amines) is 1. The number of hydrogen-bond donors (Lipinski definition) is 1. The van der Waals surface area contributed by atoms with Crippen LogP contribution < -0.4 is 0 Å². The summed E-state index contributed by atoms with van der Waals surface area (Å²) in [5.74, 6) is -3.12. The minimum atomic E-state index is -0.957. The molecule has 6 heteroatoms. The molecule has 1 unspecified atom stereocenters. The molecule has 0 saturated carbocycles. The molecule has 1 atom stereocenters. The van der Waals surface area contributed by atoms with Gasteiger partial charge in [0.25, 0.3) is 0 Å². The number of carbonyl (C=O) groups is 4. The molecule has 0 radical (unpaired) electrons. The van der Waals surface area contributed by atoms with Crippen LogP contribution in [0, 0.1) is 5.92 Å². The number of Topliss-reactive ketones (excluding diaryl/α,β-unsaturated/α-hetero) is 2. The Hall–Kier alpha value is -2.76. The van der Waals surface area contributed by atoms with Crippen molar-refractivity contribution in [2.24, 2.45) is 5.92 Å². The predicted molar refractivity (Wildman–Crippen MR) is 75.4 cm³/mol. The van der Waals surface area contributed by atoms with E-state index < -0.39 is 29.3 Å². The van der Waals surface area contributed by atoms with Crippen molar-refractivity contribution in [1.29, 1.82) is 0 Å². The number of aromatic hydroxyl groups is 1. The van der Waals surface area contributed by atoms with Crippen molar-refractivity contribution in [3.8, 4) is 5.75 Å². The van der Waals surface area contributed by atoms with Gasteiger partial charge in [0.05, 0.1) is 11.5 Å².